The van der Waals surface area contributed by atoms with Crippen LogP contribution in [0.25, 0.3) is 0 Å². The fraction of sp³-hybridized carbons (Fsp3) is 0.500. The summed E-state index contributed by atoms with van der Waals surface area (Å²) in [6, 6.07) is 7.15. The van der Waals surface area contributed by atoms with Gasteiger partial charge in [-0.05, 0) is 37.6 Å². The maximum Gasteiger partial charge on any atom is 0.123 e. The van der Waals surface area contributed by atoms with E-state index in [1.165, 1.54) is 6.07 Å². The van der Waals surface area contributed by atoms with Crippen molar-refractivity contribution < 1.29 is 9.13 Å². The lowest BCUT2D eigenvalue weighted by molar-refractivity contribution is 0.00139. The molecule has 1 aliphatic rings. The monoisotopic (exact) mass is 209 g/mol. The van der Waals surface area contributed by atoms with Crippen LogP contribution in [0.2, 0.25) is 0 Å². The minimum absolute atomic E-state index is 0.0342. The van der Waals surface area contributed by atoms with E-state index in [4.69, 9.17) is 4.74 Å². The fourth-order valence-corrected chi connectivity index (χ4v) is 2.00. The average molecular weight is 209 g/mol. The Bertz CT molecular complexity index is 329. The molecule has 15 heavy (non-hydrogen) atoms. The molecule has 2 rings (SSSR count). The van der Waals surface area contributed by atoms with E-state index >= 15 is 0 Å². The molecule has 0 radical (unpaired) electrons. The van der Waals surface area contributed by atoms with E-state index in [1.54, 1.807) is 12.1 Å². The molecule has 1 fully saturated rings. The lowest BCUT2D eigenvalue weighted by atomic mass is 9.97. The molecule has 82 valence electrons. The number of hydrogen-bond donors (Lipinski definition) is 1. The lowest BCUT2D eigenvalue weighted by Crippen LogP contribution is -2.33. The Balaban J connectivity index is 2.09. The summed E-state index contributed by atoms with van der Waals surface area (Å²) in [4.78, 5) is 0. The van der Waals surface area contributed by atoms with Crippen LogP contribution < -0.4 is 5.32 Å². The number of ether oxygens (including phenoxy) is 1. The number of rotatable bonds is 2. The van der Waals surface area contributed by atoms with Crippen molar-refractivity contribution in [3.8, 4) is 0 Å². The molecule has 0 saturated carbocycles. The van der Waals surface area contributed by atoms with Gasteiger partial charge in [0.25, 0.3) is 0 Å². The van der Waals surface area contributed by atoms with Gasteiger partial charge >= 0.3 is 0 Å². The second kappa shape index (κ2) is 4.73. The van der Waals surface area contributed by atoms with E-state index in [0.29, 0.717) is 6.04 Å². The highest BCUT2D eigenvalue weighted by Gasteiger charge is 2.22. The molecule has 1 aromatic carbocycles. The molecule has 0 amide bonds. The molecular weight excluding hydrogens is 193 g/mol. The molecule has 0 aliphatic carbocycles. The van der Waals surface area contributed by atoms with Crippen LogP contribution in [-0.2, 0) is 4.74 Å². The molecule has 1 saturated heterocycles. The second-order valence-corrected chi connectivity index (χ2v) is 3.92. The van der Waals surface area contributed by atoms with Gasteiger partial charge in [0.05, 0.1) is 6.10 Å². The Morgan fingerprint density at radius 3 is 3.07 bits per heavy atom. The lowest BCUT2D eigenvalue weighted by Gasteiger charge is -2.29. The summed E-state index contributed by atoms with van der Waals surface area (Å²) in [5.41, 5.74) is 0.940. The Morgan fingerprint density at radius 1 is 1.47 bits per heavy atom. The van der Waals surface area contributed by atoms with Gasteiger partial charge in [-0.2, -0.15) is 0 Å². The highest BCUT2D eigenvalue weighted by molar-refractivity contribution is 5.19. The number of benzene rings is 1. The summed E-state index contributed by atoms with van der Waals surface area (Å²) in [6.45, 7) is 0.743. The standard InChI is InChI=1S/C12H16FNO/c1-14-11-5-6-15-12(8-11)9-3-2-4-10(13)7-9/h2-4,7,11-12,14H,5-6,8H2,1H3. The van der Waals surface area contributed by atoms with Crippen molar-refractivity contribution in [2.24, 2.45) is 0 Å². The van der Waals surface area contributed by atoms with Crippen LogP contribution in [0.4, 0.5) is 4.39 Å². The van der Waals surface area contributed by atoms with Gasteiger partial charge in [0.1, 0.15) is 5.82 Å². The van der Waals surface area contributed by atoms with Gasteiger partial charge in [-0.25, -0.2) is 4.39 Å². The molecule has 1 N–H and O–H groups in total. The molecule has 0 spiro atoms. The normalized spacial score (nSPS) is 26.5. The maximum atomic E-state index is 13.0. The van der Waals surface area contributed by atoms with Crippen LogP contribution in [-0.4, -0.2) is 19.7 Å². The first-order valence-corrected chi connectivity index (χ1v) is 5.34. The number of nitrogens with one attached hydrogen (secondary N) is 1. The Kier molecular flexibility index (Phi) is 3.34. The third kappa shape index (κ3) is 2.55. The van der Waals surface area contributed by atoms with Gasteiger partial charge in [-0.1, -0.05) is 12.1 Å². The van der Waals surface area contributed by atoms with E-state index < -0.39 is 0 Å². The summed E-state index contributed by atoms with van der Waals surface area (Å²) in [7, 11) is 1.96. The highest BCUT2D eigenvalue weighted by Crippen LogP contribution is 2.28. The molecule has 1 aliphatic heterocycles. The van der Waals surface area contributed by atoms with Gasteiger partial charge in [-0.15, -0.1) is 0 Å². The third-order valence-corrected chi connectivity index (χ3v) is 2.91. The van der Waals surface area contributed by atoms with E-state index in [9.17, 15) is 4.39 Å². The number of halogens is 1. The van der Waals surface area contributed by atoms with Crippen molar-refractivity contribution in [2.75, 3.05) is 13.7 Å². The summed E-state index contributed by atoms with van der Waals surface area (Å²) < 4.78 is 18.7. The largest absolute Gasteiger partial charge is 0.373 e. The van der Waals surface area contributed by atoms with Crippen LogP contribution in [0.1, 0.15) is 24.5 Å². The van der Waals surface area contributed by atoms with Gasteiger partial charge in [0.15, 0.2) is 0 Å². The van der Waals surface area contributed by atoms with Crippen LogP contribution in [0, 0.1) is 5.82 Å². The Labute approximate surface area is 89.4 Å². The molecule has 0 aromatic heterocycles. The second-order valence-electron chi connectivity index (χ2n) is 3.92. The van der Waals surface area contributed by atoms with E-state index in [0.717, 1.165) is 25.0 Å². The van der Waals surface area contributed by atoms with Gasteiger partial charge < -0.3 is 10.1 Å². The van der Waals surface area contributed by atoms with E-state index in [1.807, 2.05) is 13.1 Å². The van der Waals surface area contributed by atoms with Gasteiger partial charge in [-0.3, -0.25) is 0 Å². The summed E-state index contributed by atoms with van der Waals surface area (Å²) >= 11 is 0. The SMILES string of the molecule is CNC1CCOC(c2cccc(F)c2)C1. The smallest absolute Gasteiger partial charge is 0.123 e. The van der Waals surface area contributed by atoms with Crippen molar-refractivity contribution >= 4 is 0 Å². The molecular formula is C12H16FNO. The predicted octanol–water partition coefficient (Wildman–Crippen LogP) is 2.27. The molecule has 1 aromatic rings. The quantitative estimate of drug-likeness (QED) is 0.806. The highest BCUT2D eigenvalue weighted by atomic mass is 19.1. The summed E-state index contributed by atoms with van der Waals surface area (Å²) in [6.07, 6.45) is 1.98. The van der Waals surface area contributed by atoms with Crippen molar-refractivity contribution in [3.05, 3.63) is 35.6 Å². The average Bonchev–Trinajstić information content (AvgIpc) is 2.29. The van der Waals surface area contributed by atoms with Gasteiger partial charge in [0, 0.05) is 12.6 Å². The third-order valence-electron chi connectivity index (χ3n) is 2.91. The van der Waals surface area contributed by atoms with Crippen LogP contribution >= 0.6 is 0 Å². The Hall–Kier alpha value is -0.930. The van der Waals surface area contributed by atoms with Crippen LogP contribution in [0.3, 0.4) is 0 Å². The molecule has 2 atom stereocenters. The van der Waals surface area contributed by atoms with Crippen LogP contribution in [0.15, 0.2) is 24.3 Å². The zero-order valence-electron chi connectivity index (χ0n) is 8.87. The van der Waals surface area contributed by atoms with Crippen molar-refractivity contribution in [1.82, 2.24) is 5.32 Å². The zero-order chi connectivity index (χ0) is 10.7. The molecule has 3 heteroatoms. The topological polar surface area (TPSA) is 21.3 Å². The van der Waals surface area contributed by atoms with Crippen molar-refractivity contribution in [2.45, 2.75) is 25.0 Å². The molecule has 2 nitrogen and oxygen atoms in total. The predicted molar refractivity (Wildman–Crippen MR) is 57.2 cm³/mol. The molecule has 0 bridgehead atoms. The zero-order valence-corrected chi connectivity index (χ0v) is 8.87. The first-order chi connectivity index (χ1) is 7.29. The first kappa shape index (κ1) is 10.6. The molecule has 2 unspecified atom stereocenters. The summed E-state index contributed by atoms with van der Waals surface area (Å²) in [5.74, 6) is -0.192. The van der Waals surface area contributed by atoms with Crippen molar-refractivity contribution in [3.63, 3.8) is 0 Å². The first-order valence-electron chi connectivity index (χ1n) is 5.34. The van der Waals surface area contributed by atoms with Crippen molar-refractivity contribution in [1.29, 1.82) is 0 Å². The minimum atomic E-state index is -0.192. The van der Waals surface area contributed by atoms with E-state index in [-0.39, 0.29) is 11.9 Å². The summed E-state index contributed by atoms with van der Waals surface area (Å²) in [5, 5.41) is 3.24. The minimum Gasteiger partial charge on any atom is -0.373 e. The molecule has 1 heterocycles. The fourth-order valence-electron chi connectivity index (χ4n) is 2.00. The Morgan fingerprint density at radius 2 is 2.33 bits per heavy atom. The van der Waals surface area contributed by atoms with Crippen LogP contribution in [0.5, 0.6) is 0 Å². The number of hydrogen-bond acceptors (Lipinski definition) is 2. The maximum absolute atomic E-state index is 13.0. The van der Waals surface area contributed by atoms with E-state index in [2.05, 4.69) is 5.32 Å². The van der Waals surface area contributed by atoms with Gasteiger partial charge in [0.2, 0.25) is 0 Å².